The topological polar surface area (TPSA) is 87.2 Å². The van der Waals surface area contributed by atoms with Crippen LogP contribution in [0.3, 0.4) is 0 Å². The normalized spacial score (nSPS) is 30.0. The molecular weight excluding hydrogens is 524 g/mol. The third-order valence-electron chi connectivity index (χ3n) is 8.59. The lowest BCUT2D eigenvalue weighted by atomic mass is 9.78. The molecule has 4 aliphatic heterocycles. The predicted molar refractivity (Wildman–Crippen MR) is 154 cm³/mol. The summed E-state index contributed by atoms with van der Waals surface area (Å²) in [5.41, 5.74) is 1.47. The van der Waals surface area contributed by atoms with Crippen molar-refractivity contribution in [3.63, 3.8) is 0 Å². The van der Waals surface area contributed by atoms with Crippen LogP contribution in [0.5, 0.6) is 0 Å². The smallest absolute Gasteiger partial charge is 0.311 e. The van der Waals surface area contributed by atoms with Crippen molar-refractivity contribution in [3.8, 4) is 0 Å². The molecule has 1 N–H and O–H groups in total. The van der Waals surface area contributed by atoms with Crippen LogP contribution in [-0.2, 0) is 19.1 Å². The van der Waals surface area contributed by atoms with Gasteiger partial charge >= 0.3 is 5.97 Å². The van der Waals surface area contributed by atoms with Gasteiger partial charge in [0.05, 0.1) is 29.2 Å². The first kappa shape index (κ1) is 25.1. The average Bonchev–Trinajstić information content (AvgIpc) is 3.28. The Labute approximate surface area is 236 Å². The lowest BCUT2D eigenvalue weighted by Gasteiger charge is -2.38. The van der Waals surface area contributed by atoms with E-state index < -0.39 is 34.6 Å². The van der Waals surface area contributed by atoms with E-state index in [0.29, 0.717) is 6.54 Å². The number of carbonyl (C=O) groups is 3. The molecule has 4 aliphatic rings. The number of fused-ring (bicyclic) bond motifs is 3. The fraction of sp³-hybridized carbons (Fsp3) is 0.281. The molecule has 6 atom stereocenters. The van der Waals surface area contributed by atoms with E-state index in [2.05, 4.69) is 0 Å². The van der Waals surface area contributed by atoms with Gasteiger partial charge in [-0.25, -0.2) is 0 Å². The summed E-state index contributed by atoms with van der Waals surface area (Å²) in [5.74, 6) is -2.47. The van der Waals surface area contributed by atoms with Crippen LogP contribution in [-0.4, -0.2) is 63.6 Å². The van der Waals surface area contributed by atoms with Gasteiger partial charge in [0.25, 0.3) is 5.91 Å². The number of ether oxygens (including phenoxy) is 1. The zero-order valence-corrected chi connectivity index (χ0v) is 22.4. The summed E-state index contributed by atoms with van der Waals surface area (Å²) in [6.45, 7) is 0.141. The van der Waals surface area contributed by atoms with Crippen molar-refractivity contribution in [1.29, 1.82) is 0 Å². The Balaban J connectivity index is 1.39. The number of nitrogens with zero attached hydrogens (tertiary/aromatic N) is 2. The molecule has 202 valence electrons. The van der Waals surface area contributed by atoms with E-state index in [1.54, 1.807) is 9.80 Å². The number of benzene rings is 3. The SMILES string of the molecule is O=C1OCC=C[C@@H]2S[C@]34C=CCN(c5ccc6ccccc6c5)C(=O)C3N([C@H](CO)c3ccccc3)C(=O)[C@@H]4[C@H]12. The molecule has 0 aliphatic carbocycles. The molecule has 0 aromatic heterocycles. The van der Waals surface area contributed by atoms with Crippen LogP contribution in [0.4, 0.5) is 5.69 Å². The molecule has 3 aromatic rings. The molecule has 0 radical (unpaired) electrons. The number of rotatable bonds is 4. The summed E-state index contributed by atoms with van der Waals surface area (Å²) >= 11 is 1.50. The van der Waals surface area contributed by atoms with Gasteiger partial charge in [-0.2, -0.15) is 0 Å². The summed E-state index contributed by atoms with van der Waals surface area (Å²) in [7, 11) is 0. The molecule has 7 nitrogen and oxygen atoms in total. The molecule has 7 rings (SSSR count). The molecular formula is C32H28N2O5S. The highest BCUT2D eigenvalue weighted by Gasteiger charge is 2.72. The van der Waals surface area contributed by atoms with Gasteiger partial charge in [-0.05, 0) is 28.5 Å². The number of thioether (sulfide) groups is 1. The van der Waals surface area contributed by atoms with E-state index in [-0.39, 0.29) is 30.3 Å². The van der Waals surface area contributed by atoms with Crippen molar-refractivity contribution in [2.45, 2.75) is 22.1 Å². The van der Waals surface area contributed by atoms with E-state index in [1.807, 2.05) is 97.1 Å². The van der Waals surface area contributed by atoms with Crippen molar-refractivity contribution < 1.29 is 24.2 Å². The Morgan fingerprint density at radius 2 is 1.73 bits per heavy atom. The first-order valence-corrected chi connectivity index (χ1v) is 14.4. The van der Waals surface area contributed by atoms with Gasteiger partial charge in [0.15, 0.2) is 0 Å². The average molecular weight is 553 g/mol. The third kappa shape index (κ3) is 3.66. The Hall–Kier alpha value is -3.88. The molecule has 1 spiro atoms. The van der Waals surface area contributed by atoms with Crippen LogP contribution in [0.15, 0.2) is 97.1 Å². The molecule has 2 amide bonds. The van der Waals surface area contributed by atoms with Gasteiger partial charge in [-0.15, -0.1) is 11.8 Å². The number of aliphatic hydroxyl groups is 1. The molecule has 8 heteroatoms. The number of carbonyl (C=O) groups excluding carboxylic acids is 3. The highest BCUT2D eigenvalue weighted by molar-refractivity contribution is 8.02. The van der Waals surface area contributed by atoms with Gasteiger partial charge in [-0.1, -0.05) is 85.0 Å². The fourth-order valence-electron chi connectivity index (χ4n) is 6.85. The maximum Gasteiger partial charge on any atom is 0.311 e. The minimum atomic E-state index is -0.988. The van der Waals surface area contributed by atoms with Crippen molar-refractivity contribution in [1.82, 2.24) is 4.90 Å². The van der Waals surface area contributed by atoms with E-state index in [9.17, 15) is 19.5 Å². The lowest BCUT2D eigenvalue weighted by molar-refractivity contribution is -0.152. The molecule has 0 saturated carbocycles. The summed E-state index contributed by atoms with van der Waals surface area (Å²) in [6, 6.07) is 21.5. The zero-order chi connectivity index (χ0) is 27.4. The quantitative estimate of drug-likeness (QED) is 0.391. The molecule has 2 fully saturated rings. The molecule has 4 heterocycles. The standard InChI is InChI=1S/C32H28N2O5S/c35-19-24(21-9-2-1-3-10-21)34-28-30(37)33(23-14-13-20-8-4-5-11-22(20)18-23)16-7-15-32(28)27(29(34)36)26-25(40-32)12-6-17-39-31(26)38/h1-15,18,24-28,35H,16-17,19H2/t24-,25+,26-,27+,28?,32+/m1/s1. The van der Waals surface area contributed by atoms with Crippen molar-refractivity contribution in [2.75, 3.05) is 24.7 Å². The van der Waals surface area contributed by atoms with Crippen molar-refractivity contribution in [2.24, 2.45) is 11.8 Å². The number of hydrogen-bond donors (Lipinski definition) is 1. The Bertz CT molecular complexity index is 1570. The van der Waals surface area contributed by atoms with Crippen LogP contribution >= 0.6 is 11.8 Å². The molecule has 1 unspecified atom stereocenters. The zero-order valence-electron chi connectivity index (χ0n) is 21.6. The number of aliphatic hydroxyl groups excluding tert-OH is 1. The first-order valence-electron chi connectivity index (χ1n) is 13.5. The first-order chi connectivity index (χ1) is 19.5. The van der Waals surface area contributed by atoms with Crippen LogP contribution in [0.25, 0.3) is 10.8 Å². The van der Waals surface area contributed by atoms with E-state index in [1.165, 1.54) is 11.8 Å². The Morgan fingerprint density at radius 1 is 0.950 bits per heavy atom. The van der Waals surface area contributed by atoms with Crippen LogP contribution in [0.1, 0.15) is 11.6 Å². The minimum absolute atomic E-state index is 0.168. The second-order valence-corrected chi connectivity index (χ2v) is 12.1. The van der Waals surface area contributed by atoms with Gasteiger partial charge in [0.2, 0.25) is 5.91 Å². The minimum Gasteiger partial charge on any atom is -0.461 e. The number of likely N-dealkylation sites (tertiary alicyclic amines) is 1. The highest BCUT2D eigenvalue weighted by atomic mass is 32.2. The van der Waals surface area contributed by atoms with E-state index in [4.69, 9.17) is 4.74 Å². The monoisotopic (exact) mass is 552 g/mol. The number of esters is 1. The second-order valence-electron chi connectivity index (χ2n) is 10.6. The van der Waals surface area contributed by atoms with Crippen LogP contribution in [0, 0.1) is 11.8 Å². The van der Waals surface area contributed by atoms with Crippen molar-refractivity contribution >= 4 is 46.0 Å². The lowest BCUT2D eigenvalue weighted by Crippen LogP contribution is -2.54. The van der Waals surface area contributed by atoms with Gasteiger partial charge in [0.1, 0.15) is 12.6 Å². The predicted octanol–water partition coefficient (Wildman–Crippen LogP) is 3.89. The second kappa shape index (κ2) is 9.64. The molecule has 2 saturated heterocycles. The van der Waals surface area contributed by atoms with E-state index in [0.717, 1.165) is 22.0 Å². The van der Waals surface area contributed by atoms with Gasteiger partial charge in [-0.3, -0.25) is 14.4 Å². The largest absolute Gasteiger partial charge is 0.461 e. The number of hydrogen-bond acceptors (Lipinski definition) is 6. The maximum atomic E-state index is 14.7. The van der Waals surface area contributed by atoms with Crippen LogP contribution in [0.2, 0.25) is 0 Å². The molecule has 0 bridgehead atoms. The summed E-state index contributed by atoms with van der Waals surface area (Å²) < 4.78 is 4.48. The molecule has 40 heavy (non-hydrogen) atoms. The fourth-order valence-corrected chi connectivity index (χ4v) is 8.84. The number of amides is 2. The number of cyclic esters (lactones) is 1. The number of anilines is 1. The Morgan fingerprint density at radius 3 is 2.52 bits per heavy atom. The van der Waals surface area contributed by atoms with Gasteiger partial charge in [0, 0.05) is 17.5 Å². The summed E-state index contributed by atoms with van der Waals surface area (Å²) in [5, 5.41) is 12.4. The summed E-state index contributed by atoms with van der Waals surface area (Å²) in [6.07, 6.45) is 7.67. The maximum absolute atomic E-state index is 14.7. The Kier molecular flexibility index (Phi) is 6.05. The van der Waals surface area contributed by atoms with Crippen molar-refractivity contribution in [3.05, 3.63) is 103 Å². The highest BCUT2D eigenvalue weighted by Crippen LogP contribution is 2.62. The summed E-state index contributed by atoms with van der Waals surface area (Å²) in [4.78, 5) is 45.7. The van der Waals surface area contributed by atoms with Crippen LogP contribution < -0.4 is 4.90 Å². The third-order valence-corrected chi connectivity index (χ3v) is 10.3. The molecule has 3 aromatic carbocycles. The van der Waals surface area contributed by atoms with Gasteiger partial charge < -0.3 is 19.6 Å². The van der Waals surface area contributed by atoms with E-state index >= 15 is 0 Å².